The zero-order valence-electron chi connectivity index (χ0n) is 9.66. The second kappa shape index (κ2) is 6.86. The number of ether oxygens (including phenoxy) is 1. The Bertz CT molecular complexity index is 331. The largest absolute Gasteiger partial charge is 0.394 e. The molecule has 0 amide bonds. The Morgan fingerprint density at radius 1 is 1.50 bits per heavy atom. The van der Waals surface area contributed by atoms with Gasteiger partial charge in [0.05, 0.1) is 19.3 Å². The van der Waals surface area contributed by atoms with Crippen molar-refractivity contribution in [2.75, 3.05) is 26.9 Å². The van der Waals surface area contributed by atoms with Crippen LogP contribution in [0.4, 0.5) is 0 Å². The average molecular weight is 244 g/mol. The minimum Gasteiger partial charge on any atom is -0.394 e. The Morgan fingerprint density at radius 3 is 2.81 bits per heavy atom. The number of methoxy groups -OCH3 is 1. The molecule has 0 saturated carbocycles. The molecule has 0 spiro atoms. The van der Waals surface area contributed by atoms with Crippen LogP contribution in [0.25, 0.3) is 0 Å². The van der Waals surface area contributed by atoms with Crippen molar-refractivity contribution in [2.24, 2.45) is 0 Å². The van der Waals surface area contributed by atoms with Crippen molar-refractivity contribution >= 4 is 11.6 Å². The van der Waals surface area contributed by atoms with Gasteiger partial charge in [-0.05, 0) is 30.2 Å². The number of hydrogen-bond acceptors (Lipinski definition) is 3. The maximum absolute atomic E-state index is 9.34. The van der Waals surface area contributed by atoms with Crippen LogP contribution in [0.2, 0.25) is 5.02 Å². The molecule has 0 radical (unpaired) electrons. The zero-order valence-corrected chi connectivity index (χ0v) is 10.4. The van der Waals surface area contributed by atoms with Gasteiger partial charge in [-0.25, -0.2) is 0 Å². The third-order valence-corrected chi connectivity index (χ3v) is 2.72. The average Bonchev–Trinajstić information content (AvgIpc) is 2.26. The Hall–Kier alpha value is -0.610. The van der Waals surface area contributed by atoms with Gasteiger partial charge in [-0.1, -0.05) is 17.7 Å². The Morgan fingerprint density at radius 2 is 2.25 bits per heavy atom. The standard InChI is InChI=1S/C12H18ClNO2/c1-9-7-10(13)3-4-11(9)12(8-15)14-5-6-16-2/h3-4,7,12,14-15H,5-6,8H2,1-2H3. The Kier molecular flexibility index (Phi) is 5.77. The molecule has 0 aliphatic rings. The minimum atomic E-state index is -0.0626. The zero-order chi connectivity index (χ0) is 12.0. The van der Waals surface area contributed by atoms with Crippen LogP contribution in [0, 0.1) is 6.92 Å². The normalized spacial score (nSPS) is 12.8. The SMILES string of the molecule is COCCNC(CO)c1ccc(Cl)cc1C. The van der Waals surface area contributed by atoms with E-state index in [1.165, 1.54) is 0 Å². The quantitative estimate of drug-likeness (QED) is 0.750. The molecule has 1 unspecified atom stereocenters. The molecule has 1 aromatic rings. The molecule has 3 nitrogen and oxygen atoms in total. The monoisotopic (exact) mass is 243 g/mol. The topological polar surface area (TPSA) is 41.5 Å². The van der Waals surface area contributed by atoms with Crippen molar-refractivity contribution in [1.29, 1.82) is 0 Å². The van der Waals surface area contributed by atoms with Crippen molar-refractivity contribution in [3.8, 4) is 0 Å². The van der Waals surface area contributed by atoms with E-state index < -0.39 is 0 Å². The van der Waals surface area contributed by atoms with Crippen LogP contribution in [0.15, 0.2) is 18.2 Å². The highest BCUT2D eigenvalue weighted by atomic mass is 35.5. The second-order valence-corrected chi connectivity index (χ2v) is 4.12. The first kappa shape index (κ1) is 13.5. The van der Waals surface area contributed by atoms with Gasteiger partial charge in [-0.3, -0.25) is 0 Å². The molecule has 0 heterocycles. The van der Waals surface area contributed by atoms with Crippen LogP contribution < -0.4 is 5.32 Å². The van der Waals surface area contributed by atoms with E-state index in [0.717, 1.165) is 16.1 Å². The fourth-order valence-electron chi connectivity index (χ4n) is 1.64. The van der Waals surface area contributed by atoms with Gasteiger partial charge in [0.1, 0.15) is 0 Å². The minimum absolute atomic E-state index is 0.0617. The summed E-state index contributed by atoms with van der Waals surface area (Å²) in [7, 11) is 1.66. The van der Waals surface area contributed by atoms with E-state index in [0.29, 0.717) is 13.2 Å². The number of halogens is 1. The molecule has 1 aromatic carbocycles. The van der Waals surface area contributed by atoms with Crippen molar-refractivity contribution < 1.29 is 9.84 Å². The van der Waals surface area contributed by atoms with E-state index in [-0.39, 0.29) is 12.6 Å². The molecule has 0 fully saturated rings. The van der Waals surface area contributed by atoms with E-state index in [1.807, 2.05) is 25.1 Å². The maximum atomic E-state index is 9.34. The summed E-state index contributed by atoms with van der Waals surface area (Å²) in [5.74, 6) is 0. The molecule has 0 aliphatic carbocycles. The molecule has 4 heteroatoms. The van der Waals surface area contributed by atoms with Crippen molar-refractivity contribution in [2.45, 2.75) is 13.0 Å². The van der Waals surface area contributed by atoms with Gasteiger partial charge in [0, 0.05) is 18.7 Å². The van der Waals surface area contributed by atoms with Gasteiger partial charge in [0.15, 0.2) is 0 Å². The fourth-order valence-corrected chi connectivity index (χ4v) is 1.86. The van der Waals surface area contributed by atoms with Gasteiger partial charge >= 0.3 is 0 Å². The smallest absolute Gasteiger partial charge is 0.0626 e. The number of aliphatic hydroxyl groups excluding tert-OH is 1. The highest BCUT2D eigenvalue weighted by Crippen LogP contribution is 2.21. The molecule has 90 valence electrons. The molecule has 0 aromatic heterocycles. The predicted octanol–water partition coefficient (Wildman–Crippen LogP) is 1.92. The first-order chi connectivity index (χ1) is 7.69. The second-order valence-electron chi connectivity index (χ2n) is 3.68. The summed E-state index contributed by atoms with van der Waals surface area (Å²) < 4.78 is 4.96. The molecule has 0 saturated heterocycles. The van der Waals surface area contributed by atoms with E-state index in [4.69, 9.17) is 16.3 Å². The lowest BCUT2D eigenvalue weighted by molar-refractivity contribution is 0.184. The number of rotatable bonds is 6. The molecular weight excluding hydrogens is 226 g/mol. The van der Waals surface area contributed by atoms with Crippen molar-refractivity contribution in [3.05, 3.63) is 34.3 Å². The van der Waals surface area contributed by atoms with Crippen LogP contribution >= 0.6 is 11.6 Å². The van der Waals surface area contributed by atoms with Crippen LogP contribution in [0.1, 0.15) is 17.2 Å². The first-order valence-electron chi connectivity index (χ1n) is 5.28. The Labute approximate surface area is 101 Å². The van der Waals surface area contributed by atoms with Gasteiger partial charge in [0.25, 0.3) is 0 Å². The van der Waals surface area contributed by atoms with Gasteiger partial charge in [-0.2, -0.15) is 0 Å². The maximum Gasteiger partial charge on any atom is 0.0626 e. The van der Waals surface area contributed by atoms with Gasteiger partial charge in [0.2, 0.25) is 0 Å². The predicted molar refractivity (Wildman–Crippen MR) is 65.9 cm³/mol. The lowest BCUT2D eigenvalue weighted by Crippen LogP contribution is -2.28. The third-order valence-electron chi connectivity index (χ3n) is 2.49. The highest BCUT2D eigenvalue weighted by Gasteiger charge is 2.11. The number of benzene rings is 1. The van der Waals surface area contributed by atoms with Crippen molar-refractivity contribution in [3.63, 3.8) is 0 Å². The van der Waals surface area contributed by atoms with E-state index in [9.17, 15) is 5.11 Å². The number of nitrogens with one attached hydrogen (secondary N) is 1. The number of aliphatic hydroxyl groups is 1. The van der Waals surface area contributed by atoms with Gasteiger partial charge < -0.3 is 15.2 Å². The summed E-state index contributed by atoms with van der Waals surface area (Å²) in [6, 6.07) is 5.62. The van der Waals surface area contributed by atoms with Gasteiger partial charge in [-0.15, -0.1) is 0 Å². The fraction of sp³-hybridized carbons (Fsp3) is 0.500. The van der Waals surface area contributed by atoms with E-state index >= 15 is 0 Å². The summed E-state index contributed by atoms with van der Waals surface area (Å²) in [5.41, 5.74) is 2.15. The van der Waals surface area contributed by atoms with Crippen LogP contribution in [0.3, 0.4) is 0 Å². The van der Waals surface area contributed by atoms with Crippen LogP contribution in [-0.2, 0) is 4.74 Å². The summed E-state index contributed by atoms with van der Waals surface area (Å²) in [4.78, 5) is 0. The lowest BCUT2D eigenvalue weighted by Gasteiger charge is -2.18. The lowest BCUT2D eigenvalue weighted by atomic mass is 10.0. The number of aryl methyl sites for hydroxylation is 1. The first-order valence-corrected chi connectivity index (χ1v) is 5.66. The van der Waals surface area contributed by atoms with Crippen molar-refractivity contribution in [1.82, 2.24) is 5.32 Å². The van der Waals surface area contributed by atoms with E-state index in [2.05, 4.69) is 5.32 Å². The Balaban J connectivity index is 2.70. The van der Waals surface area contributed by atoms with Crippen LogP contribution in [-0.4, -0.2) is 32.0 Å². The molecular formula is C12H18ClNO2. The molecule has 2 N–H and O–H groups in total. The summed E-state index contributed by atoms with van der Waals surface area (Å²) in [6.07, 6.45) is 0. The summed E-state index contributed by atoms with van der Waals surface area (Å²) in [5, 5.41) is 13.3. The summed E-state index contributed by atoms with van der Waals surface area (Å²) in [6.45, 7) is 3.39. The molecule has 1 rings (SSSR count). The highest BCUT2D eigenvalue weighted by molar-refractivity contribution is 6.30. The molecule has 1 atom stereocenters. The van der Waals surface area contributed by atoms with E-state index in [1.54, 1.807) is 7.11 Å². The molecule has 0 bridgehead atoms. The molecule has 0 aliphatic heterocycles. The third kappa shape index (κ3) is 3.76. The molecule has 16 heavy (non-hydrogen) atoms. The number of hydrogen-bond donors (Lipinski definition) is 2. The van der Waals surface area contributed by atoms with Crippen LogP contribution in [0.5, 0.6) is 0 Å². The summed E-state index contributed by atoms with van der Waals surface area (Å²) >= 11 is 5.89.